The minimum atomic E-state index is -4.31. The van der Waals surface area contributed by atoms with Gasteiger partial charge in [0.1, 0.15) is 0 Å². The molecule has 0 N–H and O–H groups in total. The van der Waals surface area contributed by atoms with Crippen molar-refractivity contribution in [3.05, 3.63) is 70.8 Å². The van der Waals surface area contributed by atoms with Crippen LogP contribution in [-0.2, 0) is 12.6 Å². The van der Waals surface area contributed by atoms with Gasteiger partial charge in [-0.1, -0.05) is 65.3 Å². The van der Waals surface area contributed by atoms with Crippen LogP contribution in [0.1, 0.15) is 34.0 Å². The lowest BCUT2D eigenvalue weighted by atomic mass is 10.0. The van der Waals surface area contributed by atoms with Gasteiger partial charge < -0.3 is 0 Å². The van der Waals surface area contributed by atoms with Crippen LogP contribution in [0.25, 0.3) is 0 Å². The molecule has 0 aromatic heterocycles. The van der Waals surface area contributed by atoms with Gasteiger partial charge in [0.15, 0.2) is 0 Å². The van der Waals surface area contributed by atoms with E-state index in [1.54, 1.807) is 6.07 Å². The van der Waals surface area contributed by atoms with E-state index >= 15 is 0 Å². The molecule has 2 rings (SSSR count). The predicted molar refractivity (Wildman–Crippen MR) is 78.0 cm³/mol. The van der Waals surface area contributed by atoms with Crippen LogP contribution in [0.3, 0.4) is 0 Å². The fraction of sp³-hybridized carbons (Fsp3) is 0.250. The molecule has 0 aliphatic rings. The van der Waals surface area contributed by atoms with Crippen molar-refractivity contribution in [3.63, 3.8) is 0 Å². The summed E-state index contributed by atoms with van der Waals surface area (Å²) in [5.74, 6) is 0. The van der Waals surface area contributed by atoms with Crippen LogP contribution in [0.4, 0.5) is 13.2 Å². The second-order valence-corrected chi connectivity index (χ2v) is 5.50. The highest BCUT2D eigenvalue weighted by Crippen LogP contribution is 2.35. The molecule has 0 nitrogen and oxygen atoms in total. The monoisotopic (exact) mass is 342 g/mol. The van der Waals surface area contributed by atoms with E-state index in [-0.39, 0.29) is 4.83 Å². The van der Waals surface area contributed by atoms with Crippen LogP contribution in [0.5, 0.6) is 0 Å². The predicted octanol–water partition coefficient (Wildman–Crippen LogP) is 5.75. The molecule has 0 amide bonds. The van der Waals surface area contributed by atoms with Gasteiger partial charge >= 0.3 is 6.18 Å². The molecule has 106 valence electrons. The highest BCUT2D eigenvalue weighted by molar-refractivity contribution is 9.09. The maximum Gasteiger partial charge on any atom is 0.416 e. The standard InChI is InChI=1S/C16H14BrF3/c1-2-11-6-8-12(9-7-11)15(17)13-4-3-5-14(10-13)16(18,19)20/h3-10,15H,2H2,1H3. The molecule has 1 atom stereocenters. The van der Waals surface area contributed by atoms with Crippen molar-refractivity contribution < 1.29 is 13.2 Å². The molecule has 2 aromatic rings. The highest BCUT2D eigenvalue weighted by Gasteiger charge is 2.30. The van der Waals surface area contributed by atoms with Crippen molar-refractivity contribution in [3.8, 4) is 0 Å². The van der Waals surface area contributed by atoms with E-state index in [1.807, 2.05) is 24.3 Å². The number of hydrogen-bond donors (Lipinski definition) is 0. The zero-order chi connectivity index (χ0) is 14.8. The Hall–Kier alpha value is -1.29. The van der Waals surface area contributed by atoms with Crippen molar-refractivity contribution in [1.82, 2.24) is 0 Å². The number of hydrogen-bond acceptors (Lipinski definition) is 0. The minimum Gasteiger partial charge on any atom is -0.166 e. The van der Waals surface area contributed by atoms with E-state index in [9.17, 15) is 13.2 Å². The fourth-order valence-electron chi connectivity index (χ4n) is 1.99. The van der Waals surface area contributed by atoms with Gasteiger partial charge in [0.25, 0.3) is 0 Å². The summed E-state index contributed by atoms with van der Waals surface area (Å²) in [5.41, 5.74) is 2.13. The van der Waals surface area contributed by atoms with Gasteiger partial charge in [-0.15, -0.1) is 0 Å². The van der Waals surface area contributed by atoms with E-state index in [0.29, 0.717) is 5.56 Å². The first kappa shape index (κ1) is 15.1. The lowest BCUT2D eigenvalue weighted by molar-refractivity contribution is -0.137. The van der Waals surface area contributed by atoms with E-state index in [2.05, 4.69) is 22.9 Å². The normalized spacial score (nSPS) is 13.2. The lowest BCUT2D eigenvalue weighted by Gasteiger charge is -2.14. The molecule has 0 aliphatic heterocycles. The van der Waals surface area contributed by atoms with Crippen molar-refractivity contribution in [1.29, 1.82) is 0 Å². The first-order valence-electron chi connectivity index (χ1n) is 6.32. The second kappa shape index (κ2) is 6.00. The number of halogens is 4. The van der Waals surface area contributed by atoms with E-state index < -0.39 is 11.7 Å². The molecular weight excluding hydrogens is 329 g/mol. The Kier molecular flexibility index (Phi) is 4.53. The third-order valence-electron chi connectivity index (χ3n) is 3.19. The third-order valence-corrected chi connectivity index (χ3v) is 4.24. The summed E-state index contributed by atoms with van der Waals surface area (Å²) in [6.07, 6.45) is -3.37. The maximum atomic E-state index is 12.7. The summed E-state index contributed by atoms with van der Waals surface area (Å²) >= 11 is 3.47. The molecule has 20 heavy (non-hydrogen) atoms. The molecule has 4 heteroatoms. The Labute approximate surface area is 124 Å². The molecule has 2 aromatic carbocycles. The average molecular weight is 343 g/mol. The van der Waals surface area contributed by atoms with Crippen molar-refractivity contribution in [2.45, 2.75) is 24.3 Å². The summed E-state index contributed by atoms with van der Waals surface area (Å²) in [5, 5.41) is 0. The van der Waals surface area contributed by atoms with Crippen molar-refractivity contribution in [2.24, 2.45) is 0 Å². The smallest absolute Gasteiger partial charge is 0.166 e. The topological polar surface area (TPSA) is 0 Å². The Morgan fingerprint density at radius 1 is 1.00 bits per heavy atom. The summed E-state index contributed by atoms with van der Waals surface area (Å²) in [6.45, 7) is 2.06. The summed E-state index contributed by atoms with van der Waals surface area (Å²) in [4.78, 5) is -0.240. The molecular formula is C16H14BrF3. The van der Waals surface area contributed by atoms with Crippen LogP contribution in [0.15, 0.2) is 48.5 Å². The molecule has 0 fully saturated rings. The Balaban J connectivity index is 2.30. The third kappa shape index (κ3) is 3.42. The van der Waals surface area contributed by atoms with Crippen LogP contribution in [-0.4, -0.2) is 0 Å². The van der Waals surface area contributed by atoms with E-state index in [1.165, 1.54) is 17.7 Å². The zero-order valence-corrected chi connectivity index (χ0v) is 12.5. The van der Waals surface area contributed by atoms with Gasteiger partial charge in [0.2, 0.25) is 0 Å². The summed E-state index contributed by atoms with van der Waals surface area (Å²) < 4.78 is 38.2. The molecule has 0 saturated heterocycles. The fourth-order valence-corrected chi connectivity index (χ4v) is 2.58. The maximum absolute atomic E-state index is 12.7. The number of aryl methyl sites for hydroxylation is 1. The van der Waals surface area contributed by atoms with Gasteiger partial charge in [-0.3, -0.25) is 0 Å². The number of alkyl halides is 4. The van der Waals surface area contributed by atoms with E-state index in [0.717, 1.165) is 18.1 Å². The molecule has 0 bridgehead atoms. The lowest BCUT2D eigenvalue weighted by Crippen LogP contribution is -2.05. The first-order chi connectivity index (χ1) is 9.41. The number of benzene rings is 2. The minimum absolute atomic E-state index is 0.240. The second-order valence-electron chi connectivity index (χ2n) is 4.58. The molecule has 0 aliphatic carbocycles. The Morgan fingerprint density at radius 2 is 1.65 bits per heavy atom. The zero-order valence-electron chi connectivity index (χ0n) is 10.9. The first-order valence-corrected chi connectivity index (χ1v) is 7.23. The van der Waals surface area contributed by atoms with Gasteiger partial charge in [0, 0.05) is 0 Å². The number of rotatable bonds is 3. The highest BCUT2D eigenvalue weighted by atomic mass is 79.9. The van der Waals surface area contributed by atoms with E-state index in [4.69, 9.17) is 0 Å². The molecule has 0 saturated carbocycles. The average Bonchev–Trinajstić information content (AvgIpc) is 2.46. The van der Waals surface area contributed by atoms with Gasteiger partial charge in [-0.25, -0.2) is 0 Å². The summed E-state index contributed by atoms with van der Waals surface area (Å²) in [6, 6.07) is 13.3. The SMILES string of the molecule is CCc1ccc(C(Br)c2cccc(C(F)(F)F)c2)cc1. The van der Waals surface area contributed by atoms with Gasteiger partial charge in [-0.2, -0.15) is 13.2 Å². The molecule has 0 heterocycles. The largest absolute Gasteiger partial charge is 0.416 e. The summed E-state index contributed by atoms with van der Waals surface area (Å²) in [7, 11) is 0. The molecule has 0 radical (unpaired) electrons. The Morgan fingerprint density at radius 3 is 2.20 bits per heavy atom. The van der Waals surface area contributed by atoms with Crippen molar-refractivity contribution in [2.75, 3.05) is 0 Å². The quantitative estimate of drug-likeness (QED) is 0.622. The Bertz CT molecular complexity index is 573. The van der Waals surface area contributed by atoms with Crippen molar-refractivity contribution >= 4 is 15.9 Å². The van der Waals surface area contributed by atoms with Gasteiger partial charge in [0.05, 0.1) is 10.4 Å². The van der Waals surface area contributed by atoms with Gasteiger partial charge in [-0.05, 0) is 29.2 Å². The van der Waals surface area contributed by atoms with Crippen LogP contribution in [0.2, 0.25) is 0 Å². The van der Waals surface area contributed by atoms with Crippen LogP contribution >= 0.6 is 15.9 Å². The molecule has 1 unspecified atom stereocenters. The van der Waals surface area contributed by atoms with Crippen LogP contribution < -0.4 is 0 Å². The van der Waals surface area contributed by atoms with Crippen LogP contribution in [0, 0.1) is 0 Å². The molecule has 0 spiro atoms.